The maximum Gasteiger partial charge on any atom is 0.258 e. The highest BCUT2D eigenvalue weighted by Crippen LogP contribution is 2.12. The van der Waals surface area contributed by atoms with Crippen LogP contribution < -0.4 is 15.4 Å². The van der Waals surface area contributed by atoms with Crippen LogP contribution in [0.15, 0.2) is 24.3 Å². The second-order valence-electron chi connectivity index (χ2n) is 6.76. The number of rotatable bonds is 7. The number of nitrogens with one attached hydrogen (secondary N) is 2. The molecule has 0 aliphatic heterocycles. The van der Waals surface area contributed by atoms with Gasteiger partial charge in [-0.3, -0.25) is 4.79 Å². The highest BCUT2D eigenvalue weighted by Gasteiger charge is 2.13. The van der Waals surface area contributed by atoms with E-state index in [1.165, 1.54) is 5.56 Å². The molecular weight excluding hydrogens is 300 g/mol. The summed E-state index contributed by atoms with van der Waals surface area (Å²) in [4.78, 5) is 11.7. The van der Waals surface area contributed by atoms with Gasteiger partial charge in [-0.2, -0.15) is 0 Å². The summed E-state index contributed by atoms with van der Waals surface area (Å²) in [6.45, 7) is 12.1. The zero-order valence-corrected chi connectivity index (χ0v) is 15.0. The van der Waals surface area contributed by atoms with Gasteiger partial charge in [0.15, 0.2) is 6.61 Å². The number of halogens is 1. The Hall–Kier alpha value is -1.26. The molecule has 1 aromatic rings. The molecule has 0 aliphatic carbocycles. The molecule has 0 saturated carbocycles. The van der Waals surface area contributed by atoms with E-state index in [-0.39, 0.29) is 30.5 Å². The number of hydrogen-bond donors (Lipinski definition) is 2. The van der Waals surface area contributed by atoms with Gasteiger partial charge in [0.2, 0.25) is 0 Å². The Labute approximate surface area is 140 Å². The fourth-order valence-electron chi connectivity index (χ4n) is 1.81. The number of carbonyl (C=O) groups is 1. The molecule has 1 rings (SSSR count). The zero-order valence-electron chi connectivity index (χ0n) is 14.2. The summed E-state index contributed by atoms with van der Waals surface area (Å²) in [6, 6.07) is 7.84. The van der Waals surface area contributed by atoms with Gasteiger partial charge in [-0.25, -0.2) is 0 Å². The van der Waals surface area contributed by atoms with Gasteiger partial charge in [-0.15, -0.1) is 12.4 Å². The molecule has 0 atom stereocenters. The van der Waals surface area contributed by atoms with E-state index in [0.717, 1.165) is 13.1 Å². The maximum absolute atomic E-state index is 11.7. The van der Waals surface area contributed by atoms with Crippen molar-refractivity contribution in [2.75, 3.05) is 13.2 Å². The summed E-state index contributed by atoms with van der Waals surface area (Å²) >= 11 is 0. The van der Waals surface area contributed by atoms with Gasteiger partial charge >= 0.3 is 0 Å². The SMILES string of the molecule is CC(C)CNCc1ccc(OCC(=O)NC(C)(C)C)cc1.Cl. The van der Waals surface area contributed by atoms with E-state index in [1.54, 1.807) is 0 Å². The standard InChI is InChI=1S/C17H28N2O2.ClH/c1-13(2)10-18-11-14-6-8-15(9-7-14)21-12-16(20)19-17(3,4)5;/h6-9,13,18H,10-12H2,1-5H3,(H,19,20);1H. The third kappa shape index (κ3) is 9.64. The Morgan fingerprint density at radius 2 is 1.77 bits per heavy atom. The molecule has 0 unspecified atom stereocenters. The molecule has 0 bridgehead atoms. The Bertz CT molecular complexity index is 439. The van der Waals surface area contributed by atoms with Gasteiger partial charge in [0.1, 0.15) is 5.75 Å². The van der Waals surface area contributed by atoms with E-state index >= 15 is 0 Å². The second-order valence-corrected chi connectivity index (χ2v) is 6.76. The van der Waals surface area contributed by atoms with Gasteiger partial charge in [0.05, 0.1) is 0 Å². The molecule has 0 spiro atoms. The van der Waals surface area contributed by atoms with Crippen molar-refractivity contribution in [2.24, 2.45) is 5.92 Å². The van der Waals surface area contributed by atoms with Crippen LogP contribution in [0.3, 0.4) is 0 Å². The lowest BCUT2D eigenvalue weighted by Crippen LogP contribution is -2.43. The predicted octanol–water partition coefficient (Wildman–Crippen LogP) is 3.15. The number of carbonyl (C=O) groups excluding carboxylic acids is 1. The van der Waals surface area contributed by atoms with E-state index in [2.05, 4.69) is 24.5 Å². The fourth-order valence-corrected chi connectivity index (χ4v) is 1.81. The molecule has 0 heterocycles. The first-order valence-electron chi connectivity index (χ1n) is 7.50. The van der Waals surface area contributed by atoms with Crippen LogP contribution >= 0.6 is 12.4 Å². The Balaban J connectivity index is 0.00000441. The highest BCUT2D eigenvalue weighted by atomic mass is 35.5. The lowest BCUT2D eigenvalue weighted by Gasteiger charge is -2.20. The third-order valence-electron chi connectivity index (χ3n) is 2.69. The monoisotopic (exact) mass is 328 g/mol. The maximum atomic E-state index is 11.7. The molecule has 1 aromatic carbocycles. The van der Waals surface area contributed by atoms with Gasteiger partial charge in [0, 0.05) is 12.1 Å². The third-order valence-corrected chi connectivity index (χ3v) is 2.69. The van der Waals surface area contributed by atoms with Gasteiger partial charge < -0.3 is 15.4 Å². The van der Waals surface area contributed by atoms with Crippen LogP contribution in [0.4, 0.5) is 0 Å². The normalized spacial score (nSPS) is 11.0. The number of ether oxygens (including phenoxy) is 1. The summed E-state index contributed by atoms with van der Waals surface area (Å²) in [7, 11) is 0. The summed E-state index contributed by atoms with van der Waals surface area (Å²) < 4.78 is 5.48. The molecule has 0 saturated heterocycles. The van der Waals surface area contributed by atoms with Crippen molar-refractivity contribution < 1.29 is 9.53 Å². The van der Waals surface area contributed by atoms with Crippen molar-refractivity contribution in [1.82, 2.24) is 10.6 Å². The molecule has 5 heteroatoms. The van der Waals surface area contributed by atoms with Crippen LogP contribution in [-0.4, -0.2) is 24.6 Å². The zero-order chi connectivity index (χ0) is 15.9. The summed E-state index contributed by atoms with van der Waals surface area (Å²) in [5.41, 5.74) is 0.981. The number of amides is 1. The first-order valence-corrected chi connectivity index (χ1v) is 7.50. The van der Waals surface area contributed by atoms with Crippen molar-refractivity contribution in [2.45, 2.75) is 46.7 Å². The summed E-state index contributed by atoms with van der Waals surface area (Å²) in [6.07, 6.45) is 0. The van der Waals surface area contributed by atoms with Crippen molar-refractivity contribution in [3.05, 3.63) is 29.8 Å². The second kappa shape index (κ2) is 9.70. The van der Waals surface area contributed by atoms with Crippen LogP contribution in [-0.2, 0) is 11.3 Å². The number of benzene rings is 1. The van der Waals surface area contributed by atoms with Crippen LogP contribution in [0, 0.1) is 5.92 Å². The minimum absolute atomic E-state index is 0. The van der Waals surface area contributed by atoms with Crippen molar-refractivity contribution in [1.29, 1.82) is 0 Å². The minimum atomic E-state index is -0.230. The molecular formula is C17H29ClN2O2. The fraction of sp³-hybridized carbons (Fsp3) is 0.588. The Morgan fingerprint density at radius 1 is 1.18 bits per heavy atom. The van der Waals surface area contributed by atoms with E-state index in [4.69, 9.17) is 4.74 Å². The van der Waals surface area contributed by atoms with Crippen molar-refractivity contribution in [3.63, 3.8) is 0 Å². The number of hydrogen-bond acceptors (Lipinski definition) is 3. The summed E-state index contributed by atoms with van der Waals surface area (Å²) in [5.74, 6) is 1.26. The smallest absolute Gasteiger partial charge is 0.258 e. The van der Waals surface area contributed by atoms with Gasteiger partial charge in [0.25, 0.3) is 5.91 Å². The van der Waals surface area contributed by atoms with Crippen LogP contribution in [0.5, 0.6) is 5.75 Å². The largest absolute Gasteiger partial charge is 0.484 e. The molecule has 0 fully saturated rings. The van der Waals surface area contributed by atoms with Crippen LogP contribution in [0.1, 0.15) is 40.2 Å². The summed E-state index contributed by atoms with van der Waals surface area (Å²) in [5, 5.41) is 6.26. The lowest BCUT2D eigenvalue weighted by molar-refractivity contribution is -0.124. The van der Waals surface area contributed by atoms with E-state index in [1.807, 2.05) is 45.0 Å². The molecule has 0 aromatic heterocycles. The quantitative estimate of drug-likeness (QED) is 0.808. The molecule has 126 valence electrons. The van der Waals surface area contributed by atoms with E-state index in [0.29, 0.717) is 11.7 Å². The van der Waals surface area contributed by atoms with E-state index < -0.39 is 0 Å². The molecule has 0 aliphatic rings. The van der Waals surface area contributed by atoms with Crippen LogP contribution in [0.25, 0.3) is 0 Å². The molecule has 1 amide bonds. The van der Waals surface area contributed by atoms with Gasteiger partial charge in [-0.05, 0) is 50.9 Å². The average Bonchev–Trinajstić information content (AvgIpc) is 2.35. The van der Waals surface area contributed by atoms with Crippen LogP contribution in [0.2, 0.25) is 0 Å². The van der Waals surface area contributed by atoms with Crippen molar-refractivity contribution in [3.8, 4) is 5.75 Å². The Morgan fingerprint density at radius 3 is 2.27 bits per heavy atom. The first-order chi connectivity index (χ1) is 9.76. The van der Waals surface area contributed by atoms with Gasteiger partial charge in [-0.1, -0.05) is 26.0 Å². The molecule has 0 radical (unpaired) electrons. The Kier molecular flexibility index (Phi) is 9.14. The van der Waals surface area contributed by atoms with E-state index in [9.17, 15) is 4.79 Å². The lowest BCUT2D eigenvalue weighted by atomic mass is 10.1. The highest BCUT2D eigenvalue weighted by molar-refractivity contribution is 5.85. The molecule has 2 N–H and O–H groups in total. The predicted molar refractivity (Wildman–Crippen MR) is 93.6 cm³/mol. The minimum Gasteiger partial charge on any atom is -0.484 e. The topological polar surface area (TPSA) is 50.4 Å². The molecule has 22 heavy (non-hydrogen) atoms. The first kappa shape index (κ1) is 20.7. The van der Waals surface area contributed by atoms with Crippen molar-refractivity contribution >= 4 is 18.3 Å². The average molecular weight is 329 g/mol. The molecule has 4 nitrogen and oxygen atoms in total.